The number of alkyl halides is 1. The number of methoxy groups -OCH3 is 1. The molecule has 5 heterocycles. The van der Waals surface area contributed by atoms with Crippen LogP contribution >= 0.6 is 0 Å². The number of fused-ring (bicyclic) bond motifs is 2. The fourth-order valence-electron chi connectivity index (χ4n) is 6.61. The third-order valence-electron chi connectivity index (χ3n) is 9.46. The molecule has 11 heteroatoms. The number of aromatic nitrogens is 4. The lowest BCUT2D eigenvalue weighted by atomic mass is 9.85. The van der Waals surface area contributed by atoms with Crippen LogP contribution < -0.4 is 20.7 Å². The summed E-state index contributed by atoms with van der Waals surface area (Å²) in [6.07, 6.45) is 4.17. The van der Waals surface area contributed by atoms with E-state index in [9.17, 15) is 14.0 Å². The maximum atomic E-state index is 14.5. The van der Waals surface area contributed by atoms with Crippen LogP contribution in [0.5, 0.6) is 5.75 Å². The van der Waals surface area contributed by atoms with E-state index >= 15 is 0 Å². The molecule has 45 heavy (non-hydrogen) atoms. The van der Waals surface area contributed by atoms with Crippen molar-refractivity contribution in [2.75, 3.05) is 20.2 Å². The van der Waals surface area contributed by atoms with E-state index in [-0.39, 0.29) is 17.9 Å². The molecule has 4 aromatic rings. The summed E-state index contributed by atoms with van der Waals surface area (Å²) in [5.41, 5.74) is 3.89. The molecule has 240 valence electrons. The molecule has 2 amide bonds. The number of hydrogen-bond donors (Lipinski definition) is 3. The van der Waals surface area contributed by atoms with Crippen molar-refractivity contribution in [3.63, 3.8) is 0 Å². The lowest BCUT2D eigenvalue weighted by Crippen LogP contribution is -2.52. The fourth-order valence-corrected chi connectivity index (χ4v) is 6.61. The second-order valence-electron chi connectivity index (χ2n) is 13.2. The van der Waals surface area contributed by atoms with Crippen molar-refractivity contribution in [2.45, 2.75) is 84.1 Å². The largest absolute Gasteiger partial charge is 0.494 e. The predicted octanol–water partition coefficient (Wildman–Crippen LogP) is 5.20. The zero-order valence-electron chi connectivity index (χ0n) is 26.9. The van der Waals surface area contributed by atoms with Crippen LogP contribution in [0.2, 0.25) is 0 Å². The number of pyridine rings is 1. The Morgan fingerprint density at radius 1 is 1.13 bits per heavy atom. The third-order valence-corrected chi connectivity index (χ3v) is 9.46. The Morgan fingerprint density at radius 3 is 2.71 bits per heavy atom. The molecular weight excluding hydrogens is 573 g/mol. The van der Waals surface area contributed by atoms with Crippen molar-refractivity contribution in [3.8, 4) is 17.3 Å². The Bertz CT molecular complexity index is 1740. The third kappa shape index (κ3) is 6.02. The quantitative estimate of drug-likeness (QED) is 0.290. The molecule has 0 unspecified atom stereocenters. The minimum Gasteiger partial charge on any atom is -0.494 e. The van der Waals surface area contributed by atoms with Gasteiger partial charge >= 0.3 is 0 Å². The minimum atomic E-state index is -1.09. The van der Waals surface area contributed by atoms with Crippen molar-refractivity contribution in [1.29, 1.82) is 0 Å². The first-order valence-electron chi connectivity index (χ1n) is 16.1. The number of rotatable bonds is 4. The van der Waals surface area contributed by atoms with Crippen LogP contribution in [0.4, 0.5) is 4.39 Å². The Morgan fingerprint density at radius 2 is 1.93 bits per heavy atom. The number of nitrogens with zero attached hydrogens (tertiary/aromatic N) is 4. The lowest BCUT2D eigenvalue weighted by Gasteiger charge is -2.27. The normalized spacial score (nSPS) is 22.7. The first-order valence-corrected chi connectivity index (χ1v) is 16.1. The van der Waals surface area contributed by atoms with Gasteiger partial charge in [0.1, 0.15) is 23.1 Å². The summed E-state index contributed by atoms with van der Waals surface area (Å²) in [5.74, 6) is 0.932. The standard InChI is InChI=1S/C34H44FN7O3/c1-20-24-11-10-21-17-27(42(30(21)38-24)15-9-7-6-8-13-34(2,3)33(44)37-20)31-39-25-16-22(18-28(45-5)29(25)41(31)4)32(43)40-26-19-36-14-12-23(26)35/h10-11,16-18,20,23,26,36H,6-9,12-15,19H2,1-5H3,(H,37,44)(H,40,43)/t20-,23+,26+/m1/s1. The number of piperidine rings is 1. The Balaban J connectivity index is 1.41. The molecule has 6 rings (SSSR count). The molecule has 2 aliphatic rings. The van der Waals surface area contributed by atoms with Crippen LogP contribution in [-0.2, 0) is 18.4 Å². The van der Waals surface area contributed by atoms with Crippen LogP contribution in [-0.4, -0.2) is 63.3 Å². The average Bonchev–Trinajstić information content (AvgIpc) is 3.55. The molecule has 3 atom stereocenters. The van der Waals surface area contributed by atoms with Crippen LogP contribution in [0.15, 0.2) is 30.3 Å². The van der Waals surface area contributed by atoms with Crippen molar-refractivity contribution in [2.24, 2.45) is 12.5 Å². The Labute approximate surface area is 263 Å². The molecule has 3 N–H and O–H groups in total. The number of nitrogens with one attached hydrogen (secondary N) is 3. The van der Waals surface area contributed by atoms with Gasteiger partial charge in [-0.15, -0.1) is 0 Å². The van der Waals surface area contributed by atoms with Crippen molar-refractivity contribution >= 4 is 33.9 Å². The molecule has 2 aliphatic heterocycles. The highest BCUT2D eigenvalue weighted by Crippen LogP contribution is 2.35. The van der Waals surface area contributed by atoms with E-state index in [4.69, 9.17) is 14.7 Å². The summed E-state index contributed by atoms with van der Waals surface area (Å²) in [6.45, 7) is 7.78. The van der Waals surface area contributed by atoms with Gasteiger partial charge < -0.3 is 29.8 Å². The van der Waals surface area contributed by atoms with Crippen molar-refractivity contribution in [3.05, 3.63) is 41.6 Å². The van der Waals surface area contributed by atoms with Gasteiger partial charge in [-0.2, -0.15) is 0 Å². The SMILES string of the molecule is COc1cc(C(=O)N[C@H]2CNCC[C@@H]2F)cc2nc(-c3cc4ccc5nc4n3CCCCCCC(C)(C)C(=O)N[C@@H]5C)n(C)c12. The van der Waals surface area contributed by atoms with Gasteiger partial charge in [0.2, 0.25) is 5.91 Å². The Hall–Kier alpha value is -3.99. The van der Waals surface area contributed by atoms with Gasteiger partial charge in [-0.1, -0.05) is 33.1 Å². The molecule has 1 aromatic carbocycles. The second-order valence-corrected chi connectivity index (χ2v) is 13.2. The zero-order valence-corrected chi connectivity index (χ0v) is 26.9. The molecule has 2 bridgehead atoms. The van der Waals surface area contributed by atoms with Crippen molar-refractivity contribution < 1.29 is 18.7 Å². The highest BCUT2D eigenvalue weighted by atomic mass is 19.1. The molecular formula is C34H44FN7O3. The van der Waals surface area contributed by atoms with Crippen LogP contribution in [0.1, 0.15) is 81.4 Å². The van der Waals surface area contributed by atoms with Gasteiger partial charge in [0, 0.05) is 36.5 Å². The number of benzene rings is 1. The first kappa shape index (κ1) is 31.0. The molecule has 10 nitrogen and oxygen atoms in total. The van der Waals surface area contributed by atoms with Gasteiger partial charge in [-0.3, -0.25) is 9.59 Å². The van der Waals surface area contributed by atoms with E-state index in [0.29, 0.717) is 36.3 Å². The number of carbonyl (C=O) groups is 2. The number of carbonyl (C=O) groups excluding carboxylic acids is 2. The summed E-state index contributed by atoms with van der Waals surface area (Å²) in [5, 5.41) is 10.2. The molecule has 1 fully saturated rings. The lowest BCUT2D eigenvalue weighted by molar-refractivity contribution is -0.130. The number of hydrogen-bond acceptors (Lipinski definition) is 6. The Kier molecular flexibility index (Phi) is 8.56. The number of ether oxygens (including phenoxy) is 1. The predicted molar refractivity (Wildman–Crippen MR) is 173 cm³/mol. The van der Waals surface area contributed by atoms with E-state index in [1.54, 1.807) is 19.2 Å². The molecule has 0 spiro atoms. The second kappa shape index (κ2) is 12.4. The van der Waals surface area contributed by atoms with E-state index in [0.717, 1.165) is 72.4 Å². The van der Waals surface area contributed by atoms with Crippen LogP contribution in [0.3, 0.4) is 0 Å². The van der Waals surface area contributed by atoms with Gasteiger partial charge in [-0.25, -0.2) is 14.4 Å². The van der Waals surface area contributed by atoms with E-state index in [2.05, 4.69) is 32.7 Å². The molecule has 1 saturated heterocycles. The monoisotopic (exact) mass is 617 g/mol. The smallest absolute Gasteiger partial charge is 0.251 e. The van der Waals surface area contributed by atoms with Crippen LogP contribution in [0.25, 0.3) is 33.6 Å². The fraction of sp³-hybridized carbons (Fsp3) is 0.529. The van der Waals surface area contributed by atoms with Gasteiger partial charge in [0.25, 0.3) is 5.91 Å². The van der Waals surface area contributed by atoms with Gasteiger partial charge in [0.05, 0.1) is 36.1 Å². The minimum absolute atomic E-state index is 0.0478. The molecule has 0 aliphatic carbocycles. The zero-order chi connectivity index (χ0) is 31.9. The summed E-state index contributed by atoms with van der Waals surface area (Å²) >= 11 is 0. The summed E-state index contributed by atoms with van der Waals surface area (Å²) in [6, 6.07) is 8.75. The summed E-state index contributed by atoms with van der Waals surface area (Å²) in [7, 11) is 3.52. The number of halogens is 1. The van der Waals surface area contributed by atoms with E-state index in [1.165, 1.54) is 0 Å². The number of amides is 2. The first-order chi connectivity index (χ1) is 21.6. The topological polar surface area (TPSA) is 115 Å². The highest BCUT2D eigenvalue weighted by molar-refractivity contribution is 6.00. The summed E-state index contributed by atoms with van der Waals surface area (Å²) in [4.78, 5) is 36.5. The van der Waals surface area contributed by atoms with Crippen molar-refractivity contribution in [1.82, 2.24) is 35.1 Å². The summed E-state index contributed by atoms with van der Waals surface area (Å²) < 4.78 is 24.4. The van der Waals surface area contributed by atoms with E-state index in [1.807, 2.05) is 38.5 Å². The van der Waals surface area contributed by atoms with E-state index < -0.39 is 17.6 Å². The van der Waals surface area contributed by atoms with Gasteiger partial charge in [0.15, 0.2) is 5.82 Å². The molecule has 0 radical (unpaired) electrons. The average molecular weight is 618 g/mol. The van der Waals surface area contributed by atoms with Crippen LogP contribution in [0, 0.1) is 5.41 Å². The number of aryl methyl sites for hydroxylation is 2. The molecule has 0 saturated carbocycles. The number of imidazole rings is 1. The van der Waals surface area contributed by atoms with Gasteiger partial charge in [-0.05, 0) is 63.1 Å². The maximum absolute atomic E-state index is 14.5. The molecule has 3 aromatic heterocycles. The maximum Gasteiger partial charge on any atom is 0.251 e. The highest BCUT2D eigenvalue weighted by Gasteiger charge is 2.30.